The van der Waals surface area contributed by atoms with Crippen molar-refractivity contribution in [2.75, 3.05) is 6.61 Å². The maximum absolute atomic E-state index is 11.6. The third-order valence-electron chi connectivity index (χ3n) is 3.04. The summed E-state index contributed by atoms with van der Waals surface area (Å²) in [5.41, 5.74) is 1.72. The van der Waals surface area contributed by atoms with Crippen LogP contribution < -0.4 is 0 Å². The van der Waals surface area contributed by atoms with E-state index in [2.05, 4.69) is 14.5 Å². The summed E-state index contributed by atoms with van der Waals surface area (Å²) in [7, 11) is 0. The second kappa shape index (κ2) is 4.40. The molecule has 0 unspecified atom stereocenters. The number of hydrogen-bond donors (Lipinski definition) is 0. The fraction of sp³-hybridized carbons (Fsp3) is 0.462. The fourth-order valence-corrected chi connectivity index (χ4v) is 2.16. The summed E-state index contributed by atoms with van der Waals surface area (Å²) in [6.45, 7) is 2.21. The van der Waals surface area contributed by atoms with Gasteiger partial charge in [0, 0.05) is 12.2 Å². The Balaban J connectivity index is 1.99. The summed E-state index contributed by atoms with van der Waals surface area (Å²) in [4.78, 5) is 20.4. The van der Waals surface area contributed by atoms with Gasteiger partial charge in [0.1, 0.15) is 17.8 Å². The molecule has 0 amide bonds. The highest BCUT2D eigenvalue weighted by Gasteiger charge is 2.29. The molecule has 2 aromatic heterocycles. The van der Waals surface area contributed by atoms with Gasteiger partial charge in [0.2, 0.25) is 0 Å². The van der Waals surface area contributed by atoms with Crippen LogP contribution in [0.1, 0.15) is 31.6 Å². The van der Waals surface area contributed by atoms with E-state index >= 15 is 0 Å². The van der Waals surface area contributed by atoms with Crippen molar-refractivity contribution in [2.45, 2.75) is 32.2 Å². The van der Waals surface area contributed by atoms with E-state index in [1.165, 1.54) is 0 Å². The summed E-state index contributed by atoms with van der Waals surface area (Å²) < 4.78 is 7.07. The van der Waals surface area contributed by atoms with E-state index in [4.69, 9.17) is 4.74 Å². The van der Waals surface area contributed by atoms with Crippen molar-refractivity contribution >= 4 is 17.1 Å². The van der Waals surface area contributed by atoms with Crippen LogP contribution in [-0.2, 0) is 16.0 Å². The molecule has 2 heterocycles. The Morgan fingerprint density at radius 3 is 3.11 bits per heavy atom. The lowest BCUT2D eigenvalue weighted by molar-refractivity contribution is -0.142. The Morgan fingerprint density at radius 1 is 1.56 bits per heavy atom. The van der Waals surface area contributed by atoms with Crippen LogP contribution in [0.2, 0.25) is 0 Å². The lowest BCUT2D eigenvalue weighted by atomic mass is 10.4. The van der Waals surface area contributed by atoms with Crippen molar-refractivity contribution in [3.63, 3.8) is 0 Å². The zero-order valence-electron chi connectivity index (χ0n) is 10.3. The molecule has 1 fully saturated rings. The van der Waals surface area contributed by atoms with Crippen LogP contribution in [0, 0.1) is 0 Å². The number of aromatic nitrogens is 3. The Morgan fingerprint density at radius 2 is 2.39 bits per heavy atom. The number of esters is 1. The average molecular weight is 245 g/mol. The average Bonchev–Trinajstić information content (AvgIpc) is 3.11. The van der Waals surface area contributed by atoms with Crippen LogP contribution in [-0.4, -0.2) is 27.1 Å². The van der Waals surface area contributed by atoms with Crippen molar-refractivity contribution in [2.24, 2.45) is 0 Å². The minimum atomic E-state index is -0.227. The molecule has 1 saturated carbocycles. The van der Waals surface area contributed by atoms with E-state index in [1.54, 1.807) is 6.20 Å². The summed E-state index contributed by atoms with van der Waals surface area (Å²) >= 11 is 0. The van der Waals surface area contributed by atoms with Crippen LogP contribution in [0.25, 0.3) is 11.2 Å². The third-order valence-corrected chi connectivity index (χ3v) is 3.04. The molecule has 0 N–H and O–H groups in total. The quantitative estimate of drug-likeness (QED) is 0.772. The van der Waals surface area contributed by atoms with Gasteiger partial charge in [-0.3, -0.25) is 4.79 Å². The van der Waals surface area contributed by atoms with Gasteiger partial charge in [-0.25, -0.2) is 9.97 Å². The van der Waals surface area contributed by atoms with Gasteiger partial charge in [-0.15, -0.1) is 0 Å². The number of imidazole rings is 1. The molecule has 0 aliphatic heterocycles. The number of fused-ring (bicyclic) bond motifs is 1. The minimum absolute atomic E-state index is 0.223. The molecule has 0 atom stereocenters. The van der Waals surface area contributed by atoms with E-state index < -0.39 is 0 Å². The molecular weight excluding hydrogens is 230 g/mol. The lowest BCUT2D eigenvalue weighted by Crippen LogP contribution is -2.12. The molecule has 0 saturated heterocycles. The van der Waals surface area contributed by atoms with Crippen molar-refractivity contribution in [1.29, 1.82) is 0 Å². The molecule has 1 aliphatic rings. The summed E-state index contributed by atoms with van der Waals surface area (Å²) in [5, 5.41) is 0. The molecule has 94 valence electrons. The first-order valence-electron chi connectivity index (χ1n) is 6.27. The molecule has 18 heavy (non-hydrogen) atoms. The Bertz CT molecular complexity index is 587. The Hall–Kier alpha value is -1.91. The number of ether oxygens (including phenoxy) is 1. The Labute approximate surface area is 105 Å². The van der Waals surface area contributed by atoms with E-state index in [0.29, 0.717) is 12.6 Å². The van der Waals surface area contributed by atoms with Gasteiger partial charge in [0.05, 0.1) is 6.61 Å². The monoisotopic (exact) mass is 245 g/mol. The van der Waals surface area contributed by atoms with Crippen LogP contribution in [0.3, 0.4) is 0 Å². The fourth-order valence-electron chi connectivity index (χ4n) is 2.16. The van der Waals surface area contributed by atoms with Crippen molar-refractivity contribution in [3.8, 4) is 0 Å². The molecule has 2 aromatic rings. The highest BCUT2D eigenvalue weighted by molar-refractivity contribution is 5.76. The van der Waals surface area contributed by atoms with Crippen molar-refractivity contribution in [3.05, 3.63) is 24.2 Å². The number of nitrogens with zero attached hydrogens (tertiary/aromatic N) is 3. The first-order valence-corrected chi connectivity index (χ1v) is 6.27. The first kappa shape index (κ1) is 11.2. The lowest BCUT2D eigenvalue weighted by Gasteiger charge is -2.06. The predicted molar refractivity (Wildman–Crippen MR) is 66.1 cm³/mol. The van der Waals surface area contributed by atoms with Gasteiger partial charge in [0.25, 0.3) is 0 Å². The van der Waals surface area contributed by atoms with E-state index in [-0.39, 0.29) is 12.4 Å². The van der Waals surface area contributed by atoms with Gasteiger partial charge in [-0.2, -0.15) is 0 Å². The molecule has 0 spiro atoms. The summed E-state index contributed by atoms with van der Waals surface area (Å²) in [6.07, 6.45) is 4.26. The summed E-state index contributed by atoms with van der Waals surface area (Å²) in [6, 6.07) is 4.24. The van der Waals surface area contributed by atoms with E-state index in [1.807, 2.05) is 19.1 Å². The number of carbonyl (C=O) groups is 1. The van der Waals surface area contributed by atoms with Crippen LogP contribution in [0.5, 0.6) is 0 Å². The van der Waals surface area contributed by atoms with Crippen LogP contribution in [0.15, 0.2) is 18.3 Å². The van der Waals surface area contributed by atoms with Gasteiger partial charge < -0.3 is 9.30 Å². The van der Waals surface area contributed by atoms with Crippen molar-refractivity contribution < 1.29 is 9.53 Å². The number of hydrogen-bond acceptors (Lipinski definition) is 4. The molecule has 0 bridgehead atoms. The molecule has 0 aromatic carbocycles. The zero-order valence-corrected chi connectivity index (χ0v) is 10.3. The van der Waals surface area contributed by atoms with Gasteiger partial charge in [-0.1, -0.05) is 0 Å². The highest BCUT2D eigenvalue weighted by Crippen LogP contribution is 2.38. The Kier molecular flexibility index (Phi) is 2.74. The summed E-state index contributed by atoms with van der Waals surface area (Å²) in [5.74, 6) is 0.541. The van der Waals surface area contributed by atoms with Gasteiger partial charge in [0.15, 0.2) is 5.65 Å². The highest BCUT2D eigenvalue weighted by atomic mass is 16.5. The van der Waals surface area contributed by atoms with Crippen molar-refractivity contribution in [1.82, 2.24) is 14.5 Å². The number of pyridine rings is 1. The first-order chi connectivity index (χ1) is 8.79. The third kappa shape index (κ3) is 1.96. The van der Waals surface area contributed by atoms with Gasteiger partial charge in [-0.05, 0) is 31.9 Å². The van der Waals surface area contributed by atoms with E-state index in [0.717, 1.165) is 29.8 Å². The second-order valence-electron chi connectivity index (χ2n) is 4.46. The predicted octanol–water partition coefficient (Wildman–Crippen LogP) is 1.87. The molecule has 5 heteroatoms. The normalized spacial score (nSPS) is 14.9. The standard InChI is InChI=1S/C13H15N3O2/c1-2-18-12(17)8-11-15-10-4-3-7-14-13(10)16(11)9-5-6-9/h3-4,7,9H,2,5-6,8H2,1H3. The molecule has 0 radical (unpaired) electrons. The zero-order chi connectivity index (χ0) is 12.5. The molecule has 1 aliphatic carbocycles. The van der Waals surface area contributed by atoms with Crippen LogP contribution >= 0.6 is 0 Å². The van der Waals surface area contributed by atoms with Crippen LogP contribution in [0.4, 0.5) is 0 Å². The smallest absolute Gasteiger partial charge is 0.313 e. The second-order valence-corrected chi connectivity index (χ2v) is 4.46. The van der Waals surface area contributed by atoms with Gasteiger partial charge >= 0.3 is 5.97 Å². The molecular formula is C13H15N3O2. The topological polar surface area (TPSA) is 57.0 Å². The number of carbonyl (C=O) groups excluding carboxylic acids is 1. The SMILES string of the molecule is CCOC(=O)Cc1nc2cccnc2n1C1CC1. The minimum Gasteiger partial charge on any atom is -0.466 e. The maximum Gasteiger partial charge on any atom is 0.313 e. The largest absolute Gasteiger partial charge is 0.466 e. The number of rotatable bonds is 4. The molecule has 5 nitrogen and oxygen atoms in total. The van der Waals surface area contributed by atoms with E-state index in [9.17, 15) is 4.79 Å². The molecule has 3 rings (SSSR count). The maximum atomic E-state index is 11.6.